The number of guanidine groups is 1. The smallest absolute Gasteiger partial charge is 0.208 e. The molecule has 5 nitrogen and oxygen atoms in total. The van der Waals surface area contributed by atoms with Crippen LogP contribution in [-0.4, -0.2) is 42.3 Å². The Morgan fingerprint density at radius 1 is 1.73 bits per heavy atom. The van der Waals surface area contributed by atoms with E-state index in [1.165, 1.54) is 5.01 Å². The van der Waals surface area contributed by atoms with Gasteiger partial charge in [0, 0.05) is 13.1 Å². The Labute approximate surface area is 65.9 Å². The maximum atomic E-state index is 8.56. The molecule has 0 aromatic carbocycles. The molecule has 0 bridgehead atoms. The Balaban J connectivity index is 2.37. The molecule has 64 valence electrons. The number of nitrogens with zero attached hydrogens (tertiary/aromatic N) is 2. The van der Waals surface area contributed by atoms with Crippen molar-refractivity contribution in [1.82, 2.24) is 10.3 Å². The first kappa shape index (κ1) is 8.29. The molecule has 1 rings (SSSR count). The average Bonchev–Trinajstić information content (AvgIpc) is 2.07. The first-order valence-corrected chi connectivity index (χ1v) is 3.76. The largest absolute Gasteiger partial charge is 0.394 e. The average molecular weight is 158 g/mol. The van der Waals surface area contributed by atoms with Gasteiger partial charge in [-0.15, -0.1) is 0 Å². The second-order valence-corrected chi connectivity index (χ2v) is 2.40. The van der Waals surface area contributed by atoms with Gasteiger partial charge in [0.1, 0.15) is 0 Å². The molecule has 11 heavy (non-hydrogen) atoms. The van der Waals surface area contributed by atoms with E-state index < -0.39 is 0 Å². The van der Waals surface area contributed by atoms with Crippen molar-refractivity contribution in [3.05, 3.63) is 0 Å². The number of nitrogens with one attached hydrogen (secondary N) is 1. The lowest BCUT2D eigenvalue weighted by atomic mass is 10.4. The van der Waals surface area contributed by atoms with Crippen molar-refractivity contribution in [2.45, 2.75) is 6.42 Å². The van der Waals surface area contributed by atoms with Crippen LogP contribution in [0.1, 0.15) is 6.42 Å². The molecule has 0 atom stereocenters. The highest BCUT2D eigenvalue weighted by Crippen LogP contribution is 1.90. The summed E-state index contributed by atoms with van der Waals surface area (Å²) in [4.78, 5) is 4.14. The van der Waals surface area contributed by atoms with Gasteiger partial charge in [-0.1, -0.05) is 0 Å². The molecular weight excluding hydrogens is 144 g/mol. The van der Waals surface area contributed by atoms with E-state index in [1.807, 2.05) is 0 Å². The minimum absolute atomic E-state index is 0.0528. The van der Waals surface area contributed by atoms with E-state index in [2.05, 4.69) is 10.3 Å². The Morgan fingerprint density at radius 2 is 2.55 bits per heavy atom. The van der Waals surface area contributed by atoms with E-state index in [1.54, 1.807) is 0 Å². The first-order chi connectivity index (χ1) is 5.34. The van der Waals surface area contributed by atoms with E-state index in [0.717, 1.165) is 19.5 Å². The Hall–Kier alpha value is -0.810. The molecule has 0 saturated heterocycles. The summed E-state index contributed by atoms with van der Waals surface area (Å²) >= 11 is 0. The summed E-state index contributed by atoms with van der Waals surface area (Å²) in [5, 5.41) is 13.0. The lowest BCUT2D eigenvalue weighted by Gasteiger charge is -2.23. The van der Waals surface area contributed by atoms with Crippen LogP contribution in [0.15, 0.2) is 4.99 Å². The second-order valence-electron chi connectivity index (χ2n) is 2.40. The van der Waals surface area contributed by atoms with Crippen molar-refractivity contribution in [1.29, 1.82) is 0 Å². The molecule has 0 amide bonds. The molecule has 5 heteroatoms. The highest BCUT2D eigenvalue weighted by atomic mass is 16.3. The topological polar surface area (TPSA) is 73.9 Å². The molecule has 0 aliphatic carbocycles. The number of nitrogens with two attached hydrogens (primary N) is 1. The summed E-state index contributed by atoms with van der Waals surface area (Å²) in [6.45, 7) is 2.21. The van der Waals surface area contributed by atoms with Gasteiger partial charge in [-0.3, -0.25) is 10.0 Å². The number of aliphatic imine (C=N–C) groups is 1. The third kappa shape index (κ3) is 2.36. The maximum Gasteiger partial charge on any atom is 0.208 e. The predicted molar refractivity (Wildman–Crippen MR) is 42.9 cm³/mol. The lowest BCUT2D eigenvalue weighted by Crippen LogP contribution is -2.49. The molecule has 0 aromatic heterocycles. The van der Waals surface area contributed by atoms with Crippen molar-refractivity contribution in [2.75, 3.05) is 26.2 Å². The highest BCUT2D eigenvalue weighted by molar-refractivity contribution is 5.79. The van der Waals surface area contributed by atoms with Crippen LogP contribution in [0.5, 0.6) is 0 Å². The highest BCUT2D eigenvalue weighted by Gasteiger charge is 2.08. The zero-order valence-corrected chi connectivity index (χ0v) is 6.45. The van der Waals surface area contributed by atoms with E-state index in [9.17, 15) is 0 Å². The second kappa shape index (κ2) is 4.15. The van der Waals surface area contributed by atoms with Crippen LogP contribution in [-0.2, 0) is 0 Å². The molecule has 1 heterocycles. The molecule has 1 aliphatic rings. The molecule has 0 unspecified atom stereocenters. The lowest BCUT2D eigenvalue weighted by molar-refractivity contribution is 0.247. The molecule has 0 aromatic rings. The third-order valence-electron chi connectivity index (χ3n) is 1.49. The van der Waals surface area contributed by atoms with E-state index in [0.29, 0.717) is 12.5 Å². The predicted octanol–water partition coefficient (Wildman–Crippen LogP) is -1.50. The zero-order valence-electron chi connectivity index (χ0n) is 6.45. The fraction of sp³-hybridized carbons (Fsp3) is 0.833. The van der Waals surface area contributed by atoms with Gasteiger partial charge in [-0.25, -0.2) is 5.84 Å². The molecule has 0 spiro atoms. The van der Waals surface area contributed by atoms with Gasteiger partial charge in [0.05, 0.1) is 13.2 Å². The zero-order chi connectivity index (χ0) is 8.10. The number of aliphatic hydroxyl groups is 1. The summed E-state index contributed by atoms with van der Waals surface area (Å²) in [5.41, 5.74) is 0. The van der Waals surface area contributed by atoms with Crippen molar-refractivity contribution < 1.29 is 5.11 Å². The Bertz CT molecular complexity index is 148. The molecule has 0 fully saturated rings. The minimum Gasteiger partial charge on any atom is -0.394 e. The van der Waals surface area contributed by atoms with Crippen LogP contribution in [0.2, 0.25) is 0 Å². The van der Waals surface area contributed by atoms with Gasteiger partial charge < -0.3 is 10.4 Å². The minimum atomic E-state index is 0.0528. The van der Waals surface area contributed by atoms with Crippen molar-refractivity contribution >= 4 is 5.96 Å². The summed E-state index contributed by atoms with van der Waals surface area (Å²) in [7, 11) is 0. The number of rotatable bonds is 2. The van der Waals surface area contributed by atoms with Crippen LogP contribution >= 0.6 is 0 Å². The van der Waals surface area contributed by atoms with Gasteiger partial charge in [-0.05, 0) is 6.42 Å². The van der Waals surface area contributed by atoms with Crippen LogP contribution in [0.25, 0.3) is 0 Å². The summed E-state index contributed by atoms with van der Waals surface area (Å²) in [6, 6.07) is 0. The standard InChI is InChI=1S/C6H14N4O/c7-10(4-5-11)6-8-2-1-3-9-6/h11H,1-5,7H2,(H,8,9). The van der Waals surface area contributed by atoms with Crippen molar-refractivity contribution in [3.63, 3.8) is 0 Å². The van der Waals surface area contributed by atoms with E-state index >= 15 is 0 Å². The number of hydrogen-bond acceptors (Lipinski definition) is 5. The Kier molecular flexibility index (Phi) is 3.13. The summed E-state index contributed by atoms with van der Waals surface area (Å²) in [6.07, 6.45) is 1.05. The molecular formula is C6H14N4O. The van der Waals surface area contributed by atoms with Gasteiger partial charge >= 0.3 is 0 Å². The number of hydrazine groups is 1. The summed E-state index contributed by atoms with van der Waals surface area (Å²) in [5.74, 6) is 6.22. The van der Waals surface area contributed by atoms with E-state index in [4.69, 9.17) is 10.9 Å². The van der Waals surface area contributed by atoms with Crippen molar-refractivity contribution in [3.8, 4) is 0 Å². The SMILES string of the molecule is NN(CCO)C1=NCCCN1. The van der Waals surface area contributed by atoms with Gasteiger partial charge in [0.2, 0.25) is 5.96 Å². The van der Waals surface area contributed by atoms with Gasteiger partial charge in [0.15, 0.2) is 0 Å². The third-order valence-corrected chi connectivity index (χ3v) is 1.49. The molecule has 0 radical (unpaired) electrons. The molecule has 0 saturated carbocycles. The monoisotopic (exact) mass is 158 g/mol. The molecule has 1 aliphatic heterocycles. The normalized spacial score (nSPS) is 17.1. The van der Waals surface area contributed by atoms with Gasteiger partial charge in [0.25, 0.3) is 0 Å². The first-order valence-electron chi connectivity index (χ1n) is 3.76. The number of hydrogen-bond donors (Lipinski definition) is 3. The van der Waals surface area contributed by atoms with E-state index in [-0.39, 0.29) is 6.61 Å². The summed E-state index contributed by atoms with van der Waals surface area (Å²) < 4.78 is 0. The van der Waals surface area contributed by atoms with Gasteiger partial charge in [-0.2, -0.15) is 0 Å². The Morgan fingerprint density at radius 3 is 3.09 bits per heavy atom. The van der Waals surface area contributed by atoms with Crippen molar-refractivity contribution in [2.24, 2.45) is 10.8 Å². The fourth-order valence-electron chi connectivity index (χ4n) is 0.926. The van der Waals surface area contributed by atoms with Crippen LogP contribution in [0.3, 0.4) is 0 Å². The fourth-order valence-corrected chi connectivity index (χ4v) is 0.926. The quantitative estimate of drug-likeness (QED) is 0.338. The molecule has 4 N–H and O–H groups in total. The van der Waals surface area contributed by atoms with Crippen LogP contribution in [0.4, 0.5) is 0 Å². The number of aliphatic hydroxyl groups excluding tert-OH is 1. The van der Waals surface area contributed by atoms with Crippen LogP contribution < -0.4 is 11.2 Å². The maximum absolute atomic E-state index is 8.56. The van der Waals surface area contributed by atoms with Crippen LogP contribution in [0, 0.1) is 0 Å².